The van der Waals surface area contributed by atoms with E-state index in [1.165, 1.54) is 25.7 Å². The van der Waals surface area contributed by atoms with Crippen molar-refractivity contribution in [3.63, 3.8) is 0 Å². The molecule has 0 N–H and O–H groups in total. The molecule has 3 rings (SSSR count). The molecule has 0 radical (unpaired) electrons. The van der Waals surface area contributed by atoms with E-state index in [0.29, 0.717) is 0 Å². The van der Waals surface area contributed by atoms with Gasteiger partial charge in [-0.05, 0) is 42.4 Å². The zero-order valence-electron chi connectivity index (χ0n) is 7.41. The normalized spacial score (nSPS) is 46.9. The number of fused-ring (bicyclic) bond motifs is 1. The van der Waals surface area contributed by atoms with Crippen molar-refractivity contribution in [3.05, 3.63) is 0 Å². The van der Waals surface area contributed by atoms with Crippen molar-refractivity contribution in [1.29, 1.82) is 0 Å². The quantitative estimate of drug-likeness (QED) is 0.538. The zero-order valence-corrected chi connectivity index (χ0v) is 7.41. The van der Waals surface area contributed by atoms with E-state index in [0.717, 1.165) is 16.7 Å². The van der Waals surface area contributed by atoms with E-state index >= 15 is 0 Å². The van der Waals surface area contributed by atoms with Crippen molar-refractivity contribution >= 4 is 0 Å². The fourth-order valence-electron chi connectivity index (χ4n) is 3.25. The monoisotopic (exact) mass is 154 g/mol. The molecule has 66 valence electrons. The largest absolute Gasteiger partial charge is 0.0776 e. The average Bonchev–Trinajstić information content (AvgIpc) is 2.19. The number of hydrogen-bond acceptors (Lipinski definition) is 0. The van der Waals surface area contributed by atoms with Crippen molar-refractivity contribution in [1.82, 2.24) is 0 Å². The van der Waals surface area contributed by atoms with Crippen LogP contribution in [0.5, 0.6) is 0 Å². The van der Waals surface area contributed by atoms with Gasteiger partial charge >= 0.3 is 0 Å². The van der Waals surface area contributed by atoms with Crippen LogP contribution < -0.4 is 0 Å². The lowest BCUT2D eigenvalue weighted by Crippen LogP contribution is -2.38. The lowest BCUT2D eigenvalue weighted by Gasteiger charge is -2.48. The molecule has 0 aliphatic heterocycles. The maximum atomic E-state index is 2.46. The van der Waals surface area contributed by atoms with Crippen LogP contribution in [0.4, 0.5) is 0 Å². The Balaban J connectivity index is 0.000000605. The average molecular weight is 154 g/mol. The molecule has 3 aliphatic carbocycles. The van der Waals surface area contributed by atoms with Gasteiger partial charge in [-0.15, -0.1) is 0 Å². The second-order valence-electron chi connectivity index (χ2n) is 5.18. The SMILES string of the molecule is C.CC(C)C12CCC(C)(C1)C2. The Bertz CT molecular complexity index is 149. The third-order valence-corrected chi connectivity index (χ3v) is 4.01. The van der Waals surface area contributed by atoms with Crippen LogP contribution in [0.2, 0.25) is 0 Å². The Labute approximate surface area is 71.4 Å². The maximum Gasteiger partial charge on any atom is -0.0264 e. The topological polar surface area (TPSA) is 0 Å². The first-order valence-electron chi connectivity index (χ1n) is 4.56. The van der Waals surface area contributed by atoms with E-state index < -0.39 is 0 Å². The minimum atomic E-state index is 0. The molecule has 0 aromatic carbocycles. The zero-order chi connectivity index (χ0) is 7.41. The van der Waals surface area contributed by atoms with E-state index in [4.69, 9.17) is 0 Å². The summed E-state index contributed by atoms with van der Waals surface area (Å²) in [6.07, 6.45) is 6.07. The smallest absolute Gasteiger partial charge is 0.0264 e. The van der Waals surface area contributed by atoms with Gasteiger partial charge in [0, 0.05) is 0 Å². The van der Waals surface area contributed by atoms with Crippen molar-refractivity contribution in [2.24, 2.45) is 16.7 Å². The lowest BCUT2D eigenvalue weighted by atomic mass is 9.57. The minimum absolute atomic E-state index is 0. The first kappa shape index (κ1) is 9.09. The van der Waals surface area contributed by atoms with Crippen LogP contribution in [-0.2, 0) is 0 Å². The van der Waals surface area contributed by atoms with Gasteiger partial charge in [-0.2, -0.15) is 0 Å². The van der Waals surface area contributed by atoms with Gasteiger partial charge in [0.1, 0.15) is 0 Å². The van der Waals surface area contributed by atoms with Crippen molar-refractivity contribution in [3.8, 4) is 0 Å². The summed E-state index contributed by atoms with van der Waals surface area (Å²) in [6, 6.07) is 0. The molecule has 0 heterocycles. The fourth-order valence-corrected chi connectivity index (χ4v) is 3.25. The highest BCUT2D eigenvalue weighted by atomic mass is 14.6. The summed E-state index contributed by atoms with van der Waals surface area (Å²) in [6.45, 7) is 7.25. The van der Waals surface area contributed by atoms with E-state index in [2.05, 4.69) is 20.8 Å². The molecule has 3 saturated carbocycles. The van der Waals surface area contributed by atoms with Gasteiger partial charge in [0.2, 0.25) is 0 Å². The summed E-state index contributed by atoms with van der Waals surface area (Å²) in [4.78, 5) is 0. The highest BCUT2D eigenvalue weighted by molar-refractivity contribution is 5.09. The van der Waals surface area contributed by atoms with Gasteiger partial charge in [0.25, 0.3) is 0 Å². The van der Waals surface area contributed by atoms with E-state index in [1.807, 2.05) is 0 Å². The predicted molar refractivity (Wildman–Crippen MR) is 50.6 cm³/mol. The Morgan fingerprint density at radius 1 is 1.09 bits per heavy atom. The predicted octanol–water partition coefficient (Wildman–Crippen LogP) is 3.86. The molecule has 0 aromatic rings. The maximum absolute atomic E-state index is 2.46. The Morgan fingerprint density at radius 3 is 1.82 bits per heavy atom. The molecule has 0 atom stereocenters. The highest BCUT2D eigenvalue weighted by Crippen LogP contribution is 2.69. The van der Waals surface area contributed by atoms with Crippen LogP contribution in [0.15, 0.2) is 0 Å². The standard InChI is InChI=1S/C10H18.CH4/c1-8(2)10-5-4-9(3,6-10)7-10;/h8H,4-7H2,1-3H3;1H4. The Morgan fingerprint density at radius 2 is 1.64 bits per heavy atom. The van der Waals surface area contributed by atoms with Crippen LogP contribution in [0.3, 0.4) is 0 Å². The van der Waals surface area contributed by atoms with Crippen LogP contribution in [0, 0.1) is 16.7 Å². The van der Waals surface area contributed by atoms with Crippen molar-refractivity contribution in [2.75, 3.05) is 0 Å². The molecule has 0 spiro atoms. The summed E-state index contributed by atoms with van der Waals surface area (Å²) in [5.41, 5.74) is 1.58. The van der Waals surface area contributed by atoms with Gasteiger partial charge in [-0.25, -0.2) is 0 Å². The van der Waals surface area contributed by atoms with Gasteiger partial charge < -0.3 is 0 Å². The van der Waals surface area contributed by atoms with Crippen LogP contribution in [0.25, 0.3) is 0 Å². The molecule has 2 bridgehead atoms. The minimum Gasteiger partial charge on any atom is -0.0776 e. The van der Waals surface area contributed by atoms with Crippen molar-refractivity contribution in [2.45, 2.75) is 53.9 Å². The summed E-state index contributed by atoms with van der Waals surface area (Å²) in [5, 5.41) is 0. The van der Waals surface area contributed by atoms with E-state index in [-0.39, 0.29) is 7.43 Å². The van der Waals surface area contributed by atoms with Crippen LogP contribution >= 0.6 is 0 Å². The molecular weight excluding hydrogens is 132 g/mol. The third kappa shape index (κ3) is 1.02. The molecule has 0 heteroatoms. The van der Waals surface area contributed by atoms with Gasteiger partial charge in [0.05, 0.1) is 0 Å². The molecule has 0 aromatic heterocycles. The molecule has 0 unspecified atom stereocenters. The Hall–Kier alpha value is 0. The van der Waals surface area contributed by atoms with E-state index in [1.54, 1.807) is 0 Å². The molecule has 3 aliphatic rings. The van der Waals surface area contributed by atoms with Crippen molar-refractivity contribution < 1.29 is 0 Å². The fraction of sp³-hybridized carbons (Fsp3) is 1.00. The van der Waals surface area contributed by atoms with Gasteiger partial charge in [-0.1, -0.05) is 28.2 Å². The molecule has 11 heavy (non-hydrogen) atoms. The molecule has 0 saturated heterocycles. The second-order valence-corrected chi connectivity index (χ2v) is 5.18. The van der Waals surface area contributed by atoms with Gasteiger partial charge in [-0.3, -0.25) is 0 Å². The number of rotatable bonds is 1. The summed E-state index contributed by atoms with van der Waals surface area (Å²) >= 11 is 0. The summed E-state index contributed by atoms with van der Waals surface area (Å²) < 4.78 is 0. The molecule has 0 amide bonds. The van der Waals surface area contributed by atoms with Gasteiger partial charge in [0.15, 0.2) is 0 Å². The number of hydrogen-bond donors (Lipinski definition) is 0. The second kappa shape index (κ2) is 2.24. The lowest BCUT2D eigenvalue weighted by molar-refractivity contribution is 0.0181. The molecule has 3 fully saturated rings. The summed E-state index contributed by atoms with van der Waals surface area (Å²) in [7, 11) is 0. The highest BCUT2D eigenvalue weighted by Gasteiger charge is 2.58. The van der Waals surface area contributed by atoms with E-state index in [9.17, 15) is 0 Å². The first-order valence-corrected chi connectivity index (χ1v) is 4.56. The van der Waals surface area contributed by atoms with Crippen LogP contribution in [0.1, 0.15) is 53.9 Å². The Kier molecular flexibility index (Phi) is 1.85. The first-order chi connectivity index (χ1) is 4.56. The third-order valence-electron chi connectivity index (χ3n) is 4.01. The molecule has 0 nitrogen and oxygen atoms in total. The molecular formula is C11H22. The summed E-state index contributed by atoms with van der Waals surface area (Å²) in [5.74, 6) is 0.933. The van der Waals surface area contributed by atoms with Crippen LogP contribution in [-0.4, -0.2) is 0 Å².